The van der Waals surface area contributed by atoms with E-state index < -0.39 is 11.7 Å². The van der Waals surface area contributed by atoms with Crippen molar-refractivity contribution >= 4 is 17.0 Å². The maximum absolute atomic E-state index is 12.6. The summed E-state index contributed by atoms with van der Waals surface area (Å²) in [5.74, 6) is 0. The lowest BCUT2D eigenvalue weighted by atomic mass is 9.98. The molecule has 0 aliphatic rings. The van der Waals surface area contributed by atoms with Crippen LogP contribution in [0.1, 0.15) is 16.7 Å². The molecule has 0 aliphatic carbocycles. The standard InChI is InChI=1S/C18H15NO3/c1-12-14-9-5-6-10-16(14)19(18(21)22)17(20)15(12)11-13-7-3-2-4-8-13/h2-10H,11H2,1H3,(H,21,22). The molecule has 0 fully saturated rings. The van der Waals surface area contributed by atoms with Crippen molar-refractivity contribution in [1.82, 2.24) is 4.57 Å². The van der Waals surface area contributed by atoms with Gasteiger partial charge in [0.1, 0.15) is 0 Å². The Morgan fingerprint density at radius 2 is 1.68 bits per heavy atom. The second-order valence-electron chi connectivity index (χ2n) is 5.21. The van der Waals surface area contributed by atoms with E-state index >= 15 is 0 Å². The van der Waals surface area contributed by atoms with E-state index in [1.165, 1.54) is 0 Å². The fraction of sp³-hybridized carbons (Fsp3) is 0.111. The first kappa shape index (κ1) is 14.1. The SMILES string of the molecule is Cc1c(Cc2ccccc2)c(=O)n(C(=O)O)c2ccccc12. The summed E-state index contributed by atoms with van der Waals surface area (Å²) in [6.45, 7) is 1.87. The molecule has 4 nitrogen and oxygen atoms in total. The third-order valence-electron chi connectivity index (χ3n) is 3.88. The highest BCUT2D eigenvalue weighted by Gasteiger charge is 2.17. The van der Waals surface area contributed by atoms with E-state index in [1.54, 1.807) is 12.1 Å². The Morgan fingerprint density at radius 3 is 2.36 bits per heavy atom. The van der Waals surface area contributed by atoms with E-state index in [1.807, 2.05) is 49.4 Å². The van der Waals surface area contributed by atoms with Crippen molar-refractivity contribution in [3.8, 4) is 0 Å². The minimum absolute atomic E-state index is 0.420. The second-order valence-corrected chi connectivity index (χ2v) is 5.21. The molecule has 0 amide bonds. The van der Waals surface area contributed by atoms with Crippen LogP contribution in [0.25, 0.3) is 10.9 Å². The average Bonchev–Trinajstić information content (AvgIpc) is 2.52. The molecule has 4 heteroatoms. The maximum atomic E-state index is 12.6. The fourth-order valence-corrected chi connectivity index (χ4v) is 2.75. The van der Waals surface area contributed by atoms with Gasteiger partial charge in [0.05, 0.1) is 5.52 Å². The van der Waals surface area contributed by atoms with Gasteiger partial charge in [0.25, 0.3) is 5.56 Å². The number of nitrogens with zero attached hydrogens (tertiary/aromatic N) is 1. The van der Waals surface area contributed by atoms with E-state index in [0.717, 1.165) is 21.1 Å². The maximum Gasteiger partial charge on any atom is 0.419 e. The minimum atomic E-state index is -1.25. The summed E-state index contributed by atoms with van der Waals surface area (Å²) >= 11 is 0. The van der Waals surface area contributed by atoms with Crippen LogP contribution in [-0.4, -0.2) is 15.8 Å². The smallest absolute Gasteiger partial charge is 0.419 e. The van der Waals surface area contributed by atoms with E-state index in [9.17, 15) is 14.7 Å². The summed E-state index contributed by atoms with van der Waals surface area (Å²) in [4.78, 5) is 24.1. The van der Waals surface area contributed by atoms with E-state index in [-0.39, 0.29) is 0 Å². The first-order valence-electron chi connectivity index (χ1n) is 7.00. The van der Waals surface area contributed by atoms with Gasteiger partial charge in [0.2, 0.25) is 0 Å². The molecule has 110 valence electrons. The number of carbonyl (C=O) groups is 1. The number of rotatable bonds is 2. The topological polar surface area (TPSA) is 59.3 Å². The van der Waals surface area contributed by atoms with Crippen LogP contribution in [0.5, 0.6) is 0 Å². The Hall–Kier alpha value is -2.88. The number of benzene rings is 2. The number of hydrogen-bond donors (Lipinski definition) is 1. The van der Waals surface area contributed by atoms with E-state index in [2.05, 4.69) is 0 Å². The highest BCUT2D eigenvalue weighted by molar-refractivity contribution is 5.90. The van der Waals surface area contributed by atoms with Crippen molar-refractivity contribution in [2.45, 2.75) is 13.3 Å². The number of hydrogen-bond acceptors (Lipinski definition) is 2. The molecule has 0 unspecified atom stereocenters. The molecular weight excluding hydrogens is 278 g/mol. The van der Waals surface area contributed by atoms with Crippen LogP contribution in [0.2, 0.25) is 0 Å². The third-order valence-corrected chi connectivity index (χ3v) is 3.88. The van der Waals surface area contributed by atoms with Crippen LogP contribution in [0, 0.1) is 6.92 Å². The predicted molar refractivity (Wildman–Crippen MR) is 85.6 cm³/mol. The zero-order valence-corrected chi connectivity index (χ0v) is 12.1. The monoisotopic (exact) mass is 293 g/mol. The van der Waals surface area contributed by atoms with Gasteiger partial charge < -0.3 is 5.11 Å². The lowest BCUT2D eigenvalue weighted by Crippen LogP contribution is -2.30. The molecule has 3 rings (SSSR count). The lowest BCUT2D eigenvalue weighted by molar-refractivity contribution is 0.196. The zero-order valence-electron chi connectivity index (χ0n) is 12.1. The van der Waals surface area contributed by atoms with Crippen LogP contribution >= 0.6 is 0 Å². The molecule has 0 atom stereocenters. The van der Waals surface area contributed by atoms with Crippen LogP contribution < -0.4 is 5.56 Å². The number of carboxylic acid groups (broad SMARTS) is 1. The first-order chi connectivity index (χ1) is 10.6. The van der Waals surface area contributed by atoms with E-state index in [4.69, 9.17) is 0 Å². The molecule has 1 heterocycles. The van der Waals surface area contributed by atoms with E-state index in [0.29, 0.717) is 17.5 Å². The molecule has 22 heavy (non-hydrogen) atoms. The summed E-state index contributed by atoms with van der Waals surface area (Å²) in [6, 6.07) is 16.7. The molecule has 0 aliphatic heterocycles. The van der Waals surface area contributed by atoms with Crippen molar-refractivity contribution in [2.24, 2.45) is 0 Å². The summed E-state index contributed by atoms with van der Waals surface area (Å²) in [7, 11) is 0. The Labute approximate surface area is 127 Å². The predicted octanol–water partition coefficient (Wildman–Crippen LogP) is 3.43. The van der Waals surface area contributed by atoms with Gasteiger partial charge in [-0.2, -0.15) is 0 Å². The van der Waals surface area contributed by atoms with Gasteiger partial charge in [0, 0.05) is 17.4 Å². The highest BCUT2D eigenvalue weighted by atomic mass is 16.4. The number of fused-ring (bicyclic) bond motifs is 1. The van der Waals surface area contributed by atoms with Crippen molar-refractivity contribution in [3.63, 3.8) is 0 Å². The van der Waals surface area contributed by atoms with Crippen molar-refractivity contribution < 1.29 is 9.90 Å². The van der Waals surface area contributed by atoms with Gasteiger partial charge in [-0.05, 0) is 24.1 Å². The Bertz CT molecular complexity index is 911. The second kappa shape index (κ2) is 5.48. The molecule has 0 spiro atoms. The molecule has 0 bridgehead atoms. The minimum Gasteiger partial charge on any atom is -0.464 e. The molecule has 0 radical (unpaired) electrons. The largest absolute Gasteiger partial charge is 0.464 e. The van der Waals surface area contributed by atoms with Crippen LogP contribution in [0.3, 0.4) is 0 Å². The molecule has 1 N–H and O–H groups in total. The van der Waals surface area contributed by atoms with Gasteiger partial charge in [0.15, 0.2) is 0 Å². The lowest BCUT2D eigenvalue weighted by Gasteiger charge is -2.13. The average molecular weight is 293 g/mol. The van der Waals surface area contributed by atoms with Gasteiger partial charge in [-0.1, -0.05) is 48.5 Å². The Kier molecular flexibility index (Phi) is 3.51. The normalized spacial score (nSPS) is 10.8. The summed E-state index contributed by atoms with van der Waals surface area (Å²) in [5, 5.41) is 10.2. The molecule has 2 aromatic carbocycles. The molecule has 0 saturated heterocycles. The summed E-state index contributed by atoms with van der Waals surface area (Å²) in [5.41, 5.74) is 2.30. The number of pyridine rings is 1. The number of para-hydroxylation sites is 1. The quantitative estimate of drug-likeness (QED) is 0.787. The van der Waals surface area contributed by atoms with Crippen LogP contribution in [0.15, 0.2) is 59.4 Å². The van der Waals surface area contributed by atoms with Crippen molar-refractivity contribution in [1.29, 1.82) is 0 Å². The molecular formula is C18H15NO3. The first-order valence-corrected chi connectivity index (χ1v) is 7.00. The fourth-order valence-electron chi connectivity index (χ4n) is 2.75. The number of aryl methyl sites for hydroxylation is 1. The molecule has 0 saturated carbocycles. The van der Waals surface area contributed by atoms with Gasteiger partial charge in [-0.25, -0.2) is 9.36 Å². The van der Waals surface area contributed by atoms with Crippen LogP contribution in [0.4, 0.5) is 4.79 Å². The third kappa shape index (κ3) is 2.29. The summed E-state index contributed by atoms with van der Waals surface area (Å²) in [6.07, 6.45) is -0.834. The van der Waals surface area contributed by atoms with Gasteiger partial charge in [-0.15, -0.1) is 0 Å². The van der Waals surface area contributed by atoms with Gasteiger partial charge in [-0.3, -0.25) is 4.79 Å². The van der Waals surface area contributed by atoms with Crippen LogP contribution in [-0.2, 0) is 6.42 Å². The highest BCUT2D eigenvalue weighted by Crippen LogP contribution is 2.21. The molecule has 1 aromatic heterocycles. The Morgan fingerprint density at radius 1 is 1.05 bits per heavy atom. The zero-order chi connectivity index (χ0) is 15.7. The van der Waals surface area contributed by atoms with Crippen molar-refractivity contribution in [3.05, 3.63) is 81.6 Å². The number of aromatic nitrogens is 1. The van der Waals surface area contributed by atoms with Crippen molar-refractivity contribution in [2.75, 3.05) is 0 Å². The summed E-state index contributed by atoms with van der Waals surface area (Å²) < 4.78 is 0.834. The Balaban J connectivity index is 2.31. The van der Waals surface area contributed by atoms with Gasteiger partial charge >= 0.3 is 6.09 Å². The molecule has 3 aromatic rings.